The van der Waals surface area contributed by atoms with E-state index in [1.807, 2.05) is 50.3 Å². The molecule has 2 aromatic rings. The van der Waals surface area contributed by atoms with Crippen molar-refractivity contribution in [2.45, 2.75) is 13.8 Å². The summed E-state index contributed by atoms with van der Waals surface area (Å²) in [4.78, 5) is 0. The fourth-order valence-electron chi connectivity index (χ4n) is 1.59. The van der Waals surface area contributed by atoms with Crippen molar-refractivity contribution in [2.24, 2.45) is 0 Å². The van der Waals surface area contributed by atoms with Gasteiger partial charge in [-0.1, -0.05) is 24.3 Å². The van der Waals surface area contributed by atoms with E-state index in [4.69, 9.17) is 4.74 Å². The van der Waals surface area contributed by atoms with E-state index in [9.17, 15) is 5.11 Å². The Morgan fingerprint density at radius 2 is 1.81 bits per heavy atom. The van der Waals surface area contributed by atoms with Gasteiger partial charge in [0.1, 0.15) is 11.5 Å². The zero-order valence-corrected chi connectivity index (χ0v) is 9.40. The van der Waals surface area contributed by atoms with Crippen LogP contribution >= 0.6 is 0 Å². The maximum Gasteiger partial charge on any atom is 0.134 e. The molecule has 0 bridgehead atoms. The van der Waals surface area contributed by atoms with Crippen LogP contribution in [0.3, 0.4) is 0 Å². The first-order valence-electron chi connectivity index (χ1n) is 5.24. The smallest absolute Gasteiger partial charge is 0.134 e. The van der Waals surface area contributed by atoms with Gasteiger partial charge in [-0.05, 0) is 32.1 Å². The van der Waals surface area contributed by atoms with Crippen LogP contribution < -0.4 is 4.74 Å². The Morgan fingerprint density at radius 1 is 1.12 bits per heavy atom. The third-order valence-electron chi connectivity index (χ3n) is 2.54. The summed E-state index contributed by atoms with van der Waals surface area (Å²) in [5, 5.41) is 11.4. The van der Waals surface area contributed by atoms with Crippen LogP contribution in [0.25, 0.3) is 10.8 Å². The number of aromatic hydroxyl groups is 1. The molecule has 0 aromatic heterocycles. The third-order valence-corrected chi connectivity index (χ3v) is 2.54. The number of benzene rings is 2. The van der Waals surface area contributed by atoms with E-state index in [-0.39, 0.29) is 5.75 Å². The standard InChI is InChI=1S/C14H14O2/c1-3-10(2)16-14-9-5-6-11-12(14)7-4-8-13(11)15/h3-9,15H,1-2H3. The number of ether oxygens (including phenoxy) is 1. The normalized spacial score (nSPS) is 11.8. The highest BCUT2D eigenvalue weighted by atomic mass is 16.5. The van der Waals surface area contributed by atoms with Gasteiger partial charge >= 0.3 is 0 Å². The maximum atomic E-state index is 9.72. The van der Waals surface area contributed by atoms with Gasteiger partial charge in [0.05, 0.1) is 5.76 Å². The summed E-state index contributed by atoms with van der Waals surface area (Å²) in [5.74, 6) is 1.89. The molecule has 0 heterocycles. The van der Waals surface area contributed by atoms with E-state index in [2.05, 4.69) is 0 Å². The molecule has 16 heavy (non-hydrogen) atoms. The van der Waals surface area contributed by atoms with Gasteiger partial charge in [0.25, 0.3) is 0 Å². The molecule has 0 radical (unpaired) electrons. The Bertz CT molecular complexity index is 541. The van der Waals surface area contributed by atoms with Gasteiger partial charge in [-0.15, -0.1) is 0 Å². The quantitative estimate of drug-likeness (QED) is 0.769. The summed E-state index contributed by atoms with van der Waals surface area (Å²) >= 11 is 0. The average Bonchev–Trinajstić information content (AvgIpc) is 2.30. The molecule has 0 aliphatic rings. The molecule has 0 saturated carbocycles. The Kier molecular flexibility index (Phi) is 2.82. The van der Waals surface area contributed by atoms with Gasteiger partial charge in [0.2, 0.25) is 0 Å². The monoisotopic (exact) mass is 214 g/mol. The SMILES string of the molecule is CC=C(C)Oc1cccc2c(O)cccc12. The predicted molar refractivity (Wildman–Crippen MR) is 65.7 cm³/mol. The molecular formula is C14H14O2. The first-order valence-corrected chi connectivity index (χ1v) is 5.24. The number of allylic oxidation sites excluding steroid dienone is 2. The Hall–Kier alpha value is -1.96. The van der Waals surface area contributed by atoms with Gasteiger partial charge < -0.3 is 9.84 Å². The lowest BCUT2D eigenvalue weighted by atomic mass is 10.1. The van der Waals surface area contributed by atoms with Gasteiger partial charge in [0, 0.05) is 10.8 Å². The maximum absolute atomic E-state index is 9.72. The second-order valence-electron chi connectivity index (χ2n) is 3.63. The number of rotatable bonds is 2. The molecule has 2 rings (SSSR count). The molecule has 0 saturated heterocycles. The minimum Gasteiger partial charge on any atom is -0.507 e. The van der Waals surface area contributed by atoms with E-state index in [1.165, 1.54) is 0 Å². The molecule has 0 atom stereocenters. The van der Waals surface area contributed by atoms with Crippen molar-refractivity contribution in [1.29, 1.82) is 0 Å². The van der Waals surface area contributed by atoms with Crippen molar-refractivity contribution >= 4 is 10.8 Å². The minimum absolute atomic E-state index is 0.279. The van der Waals surface area contributed by atoms with Crippen LogP contribution in [-0.2, 0) is 0 Å². The molecule has 2 heteroatoms. The minimum atomic E-state index is 0.279. The lowest BCUT2D eigenvalue weighted by Crippen LogP contribution is -1.90. The summed E-state index contributed by atoms with van der Waals surface area (Å²) in [6.45, 7) is 3.83. The lowest BCUT2D eigenvalue weighted by Gasteiger charge is -2.09. The number of hydrogen-bond acceptors (Lipinski definition) is 2. The van der Waals surface area contributed by atoms with Crippen molar-refractivity contribution in [1.82, 2.24) is 0 Å². The van der Waals surface area contributed by atoms with Crippen LogP contribution in [0.5, 0.6) is 11.5 Å². The van der Waals surface area contributed by atoms with Gasteiger partial charge in [-0.3, -0.25) is 0 Å². The first kappa shape index (κ1) is 10.6. The summed E-state index contributed by atoms with van der Waals surface area (Å²) in [6, 6.07) is 11.1. The van der Waals surface area contributed by atoms with Gasteiger partial charge in [-0.25, -0.2) is 0 Å². The van der Waals surface area contributed by atoms with Gasteiger partial charge in [0.15, 0.2) is 0 Å². The zero-order valence-electron chi connectivity index (χ0n) is 9.40. The highest BCUT2D eigenvalue weighted by Crippen LogP contribution is 2.31. The summed E-state index contributed by atoms with van der Waals surface area (Å²) in [7, 11) is 0. The Balaban J connectivity index is 2.58. The van der Waals surface area contributed by atoms with Crippen LogP contribution in [-0.4, -0.2) is 5.11 Å². The van der Waals surface area contributed by atoms with E-state index < -0.39 is 0 Å². The molecule has 82 valence electrons. The second kappa shape index (κ2) is 4.27. The molecule has 1 N–H and O–H groups in total. The van der Waals surface area contributed by atoms with Crippen molar-refractivity contribution in [3.8, 4) is 11.5 Å². The van der Waals surface area contributed by atoms with E-state index in [0.717, 1.165) is 22.3 Å². The molecule has 0 unspecified atom stereocenters. The zero-order chi connectivity index (χ0) is 11.5. The molecular weight excluding hydrogens is 200 g/mol. The number of fused-ring (bicyclic) bond motifs is 1. The fraction of sp³-hybridized carbons (Fsp3) is 0.143. The van der Waals surface area contributed by atoms with E-state index in [0.29, 0.717) is 0 Å². The number of phenolic OH excluding ortho intramolecular Hbond substituents is 1. The molecule has 0 aliphatic heterocycles. The van der Waals surface area contributed by atoms with Crippen molar-refractivity contribution < 1.29 is 9.84 Å². The summed E-state index contributed by atoms with van der Waals surface area (Å²) in [5.41, 5.74) is 0. The second-order valence-corrected chi connectivity index (χ2v) is 3.63. The highest BCUT2D eigenvalue weighted by molar-refractivity contribution is 5.92. The van der Waals surface area contributed by atoms with Crippen molar-refractivity contribution in [3.05, 3.63) is 48.2 Å². The molecule has 0 aliphatic carbocycles. The third kappa shape index (κ3) is 1.87. The van der Waals surface area contributed by atoms with Crippen LogP contribution in [0.1, 0.15) is 13.8 Å². The van der Waals surface area contributed by atoms with Crippen LogP contribution in [0.4, 0.5) is 0 Å². The largest absolute Gasteiger partial charge is 0.507 e. The molecule has 0 fully saturated rings. The molecule has 0 amide bonds. The molecule has 2 nitrogen and oxygen atoms in total. The van der Waals surface area contributed by atoms with Crippen LogP contribution in [0, 0.1) is 0 Å². The summed E-state index contributed by atoms with van der Waals surface area (Å²) in [6.07, 6.45) is 1.90. The van der Waals surface area contributed by atoms with Gasteiger partial charge in [-0.2, -0.15) is 0 Å². The Labute approximate surface area is 94.8 Å². The van der Waals surface area contributed by atoms with Crippen molar-refractivity contribution in [2.75, 3.05) is 0 Å². The number of hydrogen-bond donors (Lipinski definition) is 1. The lowest BCUT2D eigenvalue weighted by molar-refractivity contribution is 0.431. The molecule has 0 spiro atoms. The van der Waals surface area contributed by atoms with E-state index in [1.54, 1.807) is 6.07 Å². The van der Waals surface area contributed by atoms with Crippen molar-refractivity contribution in [3.63, 3.8) is 0 Å². The topological polar surface area (TPSA) is 29.5 Å². The summed E-state index contributed by atoms with van der Waals surface area (Å²) < 4.78 is 5.68. The average molecular weight is 214 g/mol. The fourth-order valence-corrected chi connectivity index (χ4v) is 1.59. The first-order chi connectivity index (χ1) is 7.72. The highest BCUT2D eigenvalue weighted by Gasteiger charge is 2.04. The van der Waals surface area contributed by atoms with E-state index >= 15 is 0 Å². The predicted octanol–water partition coefficient (Wildman–Crippen LogP) is 3.85. The number of phenols is 1. The van der Waals surface area contributed by atoms with Crippen LogP contribution in [0.2, 0.25) is 0 Å². The molecule has 2 aromatic carbocycles. The Morgan fingerprint density at radius 3 is 2.56 bits per heavy atom. The van der Waals surface area contributed by atoms with Crippen LogP contribution in [0.15, 0.2) is 48.2 Å².